The number of thiophene rings is 1. The molecule has 1 atom stereocenters. The van der Waals surface area contributed by atoms with E-state index in [4.69, 9.17) is 14.2 Å². The highest BCUT2D eigenvalue weighted by atomic mass is 32.1. The Balaban J connectivity index is 1.60. The predicted molar refractivity (Wildman–Crippen MR) is 117 cm³/mol. The fourth-order valence-electron chi connectivity index (χ4n) is 3.37. The highest BCUT2D eigenvalue weighted by Gasteiger charge is 2.23. The number of guanidine groups is 1. The zero-order valence-corrected chi connectivity index (χ0v) is 18.1. The van der Waals surface area contributed by atoms with Crippen LogP contribution in [0.25, 0.3) is 0 Å². The van der Waals surface area contributed by atoms with E-state index in [0.717, 1.165) is 55.9 Å². The number of morpholine rings is 1. The molecule has 2 aromatic rings. The van der Waals surface area contributed by atoms with Crippen molar-refractivity contribution in [3.63, 3.8) is 0 Å². The standard InChI is InChI=1S/C21H30N4O3S/c1-22-21(23-14-16-6-7-17(26-2)13-19(16)27-3)24-15-18(20-5-4-12-29-20)25-8-10-28-11-9-25/h4-7,12-13,18H,8-11,14-15H2,1-3H3,(H2,22,23,24). The fourth-order valence-corrected chi connectivity index (χ4v) is 4.23. The quantitative estimate of drug-likeness (QED) is 0.507. The third-order valence-electron chi connectivity index (χ3n) is 4.99. The normalized spacial score (nSPS) is 16.3. The molecule has 0 saturated carbocycles. The summed E-state index contributed by atoms with van der Waals surface area (Å²) >= 11 is 1.79. The van der Waals surface area contributed by atoms with Gasteiger partial charge in [-0.15, -0.1) is 11.3 Å². The molecule has 1 aromatic carbocycles. The third kappa shape index (κ3) is 5.85. The second-order valence-electron chi connectivity index (χ2n) is 6.66. The minimum absolute atomic E-state index is 0.299. The van der Waals surface area contributed by atoms with Gasteiger partial charge >= 0.3 is 0 Å². The number of hydrogen-bond acceptors (Lipinski definition) is 6. The van der Waals surface area contributed by atoms with Crippen molar-refractivity contribution in [2.24, 2.45) is 4.99 Å². The molecule has 1 aliphatic heterocycles. The Kier molecular flexibility index (Phi) is 8.15. The lowest BCUT2D eigenvalue weighted by Crippen LogP contribution is -2.46. The molecule has 29 heavy (non-hydrogen) atoms. The summed E-state index contributed by atoms with van der Waals surface area (Å²) < 4.78 is 16.3. The maximum Gasteiger partial charge on any atom is 0.191 e. The first kappa shape index (κ1) is 21.4. The van der Waals surface area contributed by atoms with Gasteiger partial charge in [0.25, 0.3) is 0 Å². The lowest BCUT2D eigenvalue weighted by Gasteiger charge is -2.34. The zero-order chi connectivity index (χ0) is 20.5. The van der Waals surface area contributed by atoms with E-state index in [1.54, 1.807) is 32.6 Å². The molecule has 3 rings (SSSR count). The molecule has 8 heteroatoms. The smallest absolute Gasteiger partial charge is 0.191 e. The Bertz CT molecular complexity index is 776. The molecule has 0 bridgehead atoms. The monoisotopic (exact) mass is 418 g/mol. The van der Waals surface area contributed by atoms with Gasteiger partial charge in [0.15, 0.2) is 5.96 Å². The molecule has 158 valence electrons. The molecule has 0 aliphatic carbocycles. The maximum atomic E-state index is 5.52. The van der Waals surface area contributed by atoms with Crippen LogP contribution in [0.5, 0.6) is 11.5 Å². The lowest BCUT2D eigenvalue weighted by atomic mass is 10.2. The Morgan fingerprint density at radius 3 is 2.69 bits per heavy atom. The minimum atomic E-state index is 0.299. The maximum absolute atomic E-state index is 5.52. The van der Waals surface area contributed by atoms with Gasteiger partial charge in [-0.3, -0.25) is 9.89 Å². The molecule has 1 fully saturated rings. The van der Waals surface area contributed by atoms with Gasteiger partial charge in [0.2, 0.25) is 0 Å². The number of rotatable bonds is 8. The molecule has 0 radical (unpaired) electrons. The summed E-state index contributed by atoms with van der Waals surface area (Å²) in [5, 5.41) is 8.99. The van der Waals surface area contributed by atoms with Crippen molar-refractivity contribution in [3.8, 4) is 11.5 Å². The van der Waals surface area contributed by atoms with Gasteiger partial charge in [0.1, 0.15) is 11.5 Å². The average molecular weight is 419 g/mol. The summed E-state index contributed by atoms with van der Waals surface area (Å²) in [6.07, 6.45) is 0. The van der Waals surface area contributed by atoms with Crippen LogP contribution in [-0.4, -0.2) is 65.0 Å². The second kappa shape index (κ2) is 11.0. The van der Waals surface area contributed by atoms with Crippen molar-refractivity contribution in [2.75, 3.05) is 54.1 Å². The number of ether oxygens (including phenoxy) is 3. The molecule has 7 nitrogen and oxygen atoms in total. The van der Waals surface area contributed by atoms with Crippen LogP contribution in [0.2, 0.25) is 0 Å². The number of nitrogens with zero attached hydrogens (tertiary/aromatic N) is 2. The van der Waals surface area contributed by atoms with E-state index < -0.39 is 0 Å². The Morgan fingerprint density at radius 1 is 1.21 bits per heavy atom. The van der Waals surface area contributed by atoms with Crippen LogP contribution in [0.4, 0.5) is 0 Å². The highest BCUT2D eigenvalue weighted by Crippen LogP contribution is 2.26. The number of aliphatic imine (C=N–C) groups is 1. The van der Waals surface area contributed by atoms with E-state index in [-0.39, 0.29) is 0 Å². The Morgan fingerprint density at radius 2 is 2.03 bits per heavy atom. The van der Waals surface area contributed by atoms with Gasteiger partial charge in [-0.05, 0) is 23.6 Å². The molecule has 2 N–H and O–H groups in total. The van der Waals surface area contributed by atoms with Crippen molar-refractivity contribution in [2.45, 2.75) is 12.6 Å². The van der Waals surface area contributed by atoms with E-state index in [0.29, 0.717) is 12.6 Å². The summed E-state index contributed by atoms with van der Waals surface area (Å²) in [6.45, 7) is 4.84. The number of nitrogens with one attached hydrogen (secondary N) is 2. The van der Waals surface area contributed by atoms with Crippen LogP contribution in [-0.2, 0) is 11.3 Å². The molecular weight excluding hydrogens is 388 g/mol. The molecule has 1 aromatic heterocycles. The van der Waals surface area contributed by atoms with E-state index in [1.807, 2.05) is 18.2 Å². The van der Waals surface area contributed by atoms with Crippen molar-refractivity contribution >= 4 is 17.3 Å². The minimum Gasteiger partial charge on any atom is -0.497 e. The van der Waals surface area contributed by atoms with Gasteiger partial charge in [0, 0.05) is 49.7 Å². The number of methoxy groups -OCH3 is 2. The largest absolute Gasteiger partial charge is 0.497 e. The highest BCUT2D eigenvalue weighted by molar-refractivity contribution is 7.10. The SMILES string of the molecule is CN=C(NCc1ccc(OC)cc1OC)NCC(c1cccs1)N1CCOCC1. The number of hydrogen-bond donors (Lipinski definition) is 2. The average Bonchev–Trinajstić information content (AvgIpc) is 3.31. The van der Waals surface area contributed by atoms with E-state index in [9.17, 15) is 0 Å². The van der Waals surface area contributed by atoms with Crippen LogP contribution < -0.4 is 20.1 Å². The van der Waals surface area contributed by atoms with Gasteiger partial charge in [0.05, 0.1) is 33.5 Å². The molecular formula is C21H30N4O3S. The van der Waals surface area contributed by atoms with E-state index in [1.165, 1.54) is 4.88 Å². The van der Waals surface area contributed by atoms with Gasteiger partial charge in [-0.1, -0.05) is 6.07 Å². The summed E-state index contributed by atoms with van der Waals surface area (Å²) in [5.74, 6) is 2.33. The van der Waals surface area contributed by atoms with E-state index >= 15 is 0 Å². The first-order valence-electron chi connectivity index (χ1n) is 9.75. The van der Waals surface area contributed by atoms with E-state index in [2.05, 4.69) is 38.0 Å². The van der Waals surface area contributed by atoms with Gasteiger partial charge in [-0.25, -0.2) is 0 Å². The van der Waals surface area contributed by atoms with Crippen molar-refractivity contribution in [1.29, 1.82) is 0 Å². The third-order valence-corrected chi connectivity index (χ3v) is 5.96. The lowest BCUT2D eigenvalue weighted by molar-refractivity contribution is 0.0177. The summed E-state index contributed by atoms with van der Waals surface area (Å²) in [6, 6.07) is 10.4. The van der Waals surface area contributed by atoms with Gasteiger partial charge in [-0.2, -0.15) is 0 Å². The zero-order valence-electron chi connectivity index (χ0n) is 17.3. The summed E-state index contributed by atoms with van der Waals surface area (Å²) in [7, 11) is 5.10. The Hall–Kier alpha value is -2.29. The summed E-state index contributed by atoms with van der Waals surface area (Å²) in [5.41, 5.74) is 1.04. The number of benzene rings is 1. The van der Waals surface area contributed by atoms with Crippen molar-refractivity contribution in [3.05, 3.63) is 46.2 Å². The van der Waals surface area contributed by atoms with Crippen LogP contribution in [0.3, 0.4) is 0 Å². The molecule has 1 aliphatic rings. The molecule has 0 spiro atoms. The molecule has 0 amide bonds. The predicted octanol–water partition coefficient (Wildman–Crippen LogP) is 2.50. The van der Waals surface area contributed by atoms with Crippen LogP contribution >= 0.6 is 11.3 Å². The first-order chi connectivity index (χ1) is 14.2. The van der Waals surface area contributed by atoms with Crippen molar-refractivity contribution < 1.29 is 14.2 Å². The molecule has 2 heterocycles. The van der Waals surface area contributed by atoms with Crippen LogP contribution in [0.1, 0.15) is 16.5 Å². The first-order valence-corrected chi connectivity index (χ1v) is 10.6. The molecule has 1 unspecified atom stereocenters. The van der Waals surface area contributed by atoms with Crippen molar-refractivity contribution in [1.82, 2.24) is 15.5 Å². The van der Waals surface area contributed by atoms with Crippen LogP contribution in [0, 0.1) is 0 Å². The second-order valence-corrected chi connectivity index (χ2v) is 7.64. The Labute approximate surface area is 176 Å². The topological polar surface area (TPSA) is 67.4 Å². The summed E-state index contributed by atoms with van der Waals surface area (Å²) in [4.78, 5) is 8.21. The van der Waals surface area contributed by atoms with Gasteiger partial charge < -0.3 is 24.8 Å². The fraction of sp³-hybridized carbons (Fsp3) is 0.476. The molecule has 1 saturated heterocycles. The van der Waals surface area contributed by atoms with Crippen LogP contribution in [0.15, 0.2) is 40.7 Å².